The molecule has 178 valence electrons. The van der Waals surface area contributed by atoms with Gasteiger partial charge >= 0.3 is 5.97 Å². The van der Waals surface area contributed by atoms with Crippen molar-refractivity contribution in [1.82, 2.24) is 5.32 Å². The van der Waals surface area contributed by atoms with Gasteiger partial charge in [-0.2, -0.15) is 0 Å². The van der Waals surface area contributed by atoms with E-state index in [0.29, 0.717) is 12.3 Å². The van der Waals surface area contributed by atoms with Crippen LogP contribution >= 0.6 is 0 Å². The molecule has 3 aromatic rings. The van der Waals surface area contributed by atoms with Crippen molar-refractivity contribution in [3.63, 3.8) is 0 Å². The number of carboxylic acid groups (broad SMARTS) is 1. The van der Waals surface area contributed by atoms with Gasteiger partial charge in [0.15, 0.2) is 0 Å². The fourth-order valence-electron chi connectivity index (χ4n) is 4.53. The molecule has 0 saturated heterocycles. The Morgan fingerprint density at radius 3 is 2.35 bits per heavy atom. The molecule has 5 nitrogen and oxygen atoms in total. The Balaban J connectivity index is 1.38. The summed E-state index contributed by atoms with van der Waals surface area (Å²) < 4.78 is 6.07. The summed E-state index contributed by atoms with van der Waals surface area (Å²) in [7, 11) is 0. The predicted molar refractivity (Wildman–Crippen MR) is 134 cm³/mol. The number of ether oxygens (including phenoxy) is 1. The smallest absolute Gasteiger partial charge is 0.339 e. The van der Waals surface area contributed by atoms with Crippen LogP contribution in [0.5, 0.6) is 5.75 Å². The third kappa shape index (κ3) is 6.25. The van der Waals surface area contributed by atoms with Gasteiger partial charge in [0.2, 0.25) is 0 Å². The predicted octanol–water partition coefficient (Wildman–Crippen LogP) is 5.63. The summed E-state index contributed by atoms with van der Waals surface area (Å²) in [4.78, 5) is 11.7. The summed E-state index contributed by atoms with van der Waals surface area (Å²) in [5.41, 5.74) is 4.29. The average molecular weight is 460 g/mol. The molecule has 0 aromatic heterocycles. The first-order chi connectivity index (χ1) is 16.5. The topological polar surface area (TPSA) is 78.8 Å². The molecule has 0 unspecified atom stereocenters. The lowest BCUT2D eigenvalue weighted by Crippen LogP contribution is -2.32. The highest BCUT2D eigenvalue weighted by molar-refractivity contribution is 5.92. The van der Waals surface area contributed by atoms with Crippen molar-refractivity contribution in [1.29, 1.82) is 0 Å². The quantitative estimate of drug-likeness (QED) is 0.366. The Hall–Kier alpha value is -3.15. The number of carbonyl (C=O) groups is 1. The van der Waals surface area contributed by atoms with E-state index in [1.165, 1.54) is 5.56 Å². The second-order valence-corrected chi connectivity index (χ2v) is 9.18. The zero-order valence-electron chi connectivity index (χ0n) is 19.6. The lowest BCUT2D eigenvalue weighted by atomic mass is 9.99. The lowest BCUT2D eigenvalue weighted by molar-refractivity contribution is 0.0689. The average Bonchev–Trinajstić information content (AvgIpc) is 3.36. The number of hydrogen-bond donors (Lipinski definition) is 3. The highest BCUT2D eigenvalue weighted by atomic mass is 16.5. The standard InChI is InChI=1S/C29H33NO4/c1-20(30-19-27(31)23-7-3-2-4-8-23)17-21-11-13-22(14-12-21)24-15-16-26(29(32)33)28(18-24)34-25-9-5-6-10-25/h2-4,7-8,11-16,18,20,25,27,30-31H,5-6,9-10,17,19H2,1H3,(H,32,33)/t20-,27+/m1/s1. The van der Waals surface area contributed by atoms with E-state index in [4.69, 9.17) is 4.74 Å². The minimum Gasteiger partial charge on any atom is -0.490 e. The third-order valence-electron chi connectivity index (χ3n) is 6.48. The number of hydrogen-bond acceptors (Lipinski definition) is 4. The first-order valence-corrected chi connectivity index (χ1v) is 12.1. The second kappa shape index (κ2) is 11.3. The van der Waals surface area contributed by atoms with Crippen LogP contribution in [0.3, 0.4) is 0 Å². The SMILES string of the molecule is C[C@H](Cc1ccc(-c2ccc(C(=O)O)c(OC3CCCC3)c2)cc1)NC[C@H](O)c1ccccc1. The van der Waals surface area contributed by atoms with Gasteiger partial charge in [-0.05, 0) is 73.4 Å². The highest BCUT2D eigenvalue weighted by Gasteiger charge is 2.20. The van der Waals surface area contributed by atoms with Gasteiger partial charge in [-0.1, -0.05) is 60.7 Å². The molecule has 3 aromatic carbocycles. The first-order valence-electron chi connectivity index (χ1n) is 12.1. The zero-order chi connectivity index (χ0) is 23.9. The summed E-state index contributed by atoms with van der Waals surface area (Å²) in [6, 6.07) is 23.6. The fraction of sp³-hybridized carbons (Fsp3) is 0.345. The van der Waals surface area contributed by atoms with E-state index in [2.05, 4.69) is 36.5 Å². The van der Waals surface area contributed by atoms with Crippen LogP contribution in [-0.2, 0) is 6.42 Å². The number of rotatable bonds is 10. The lowest BCUT2D eigenvalue weighted by Gasteiger charge is -2.18. The highest BCUT2D eigenvalue weighted by Crippen LogP contribution is 2.31. The van der Waals surface area contributed by atoms with Crippen molar-refractivity contribution >= 4 is 5.97 Å². The maximum atomic E-state index is 11.7. The molecule has 1 saturated carbocycles. The van der Waals surface area contributed by atoms with Crippen molar-refractivity contribution < 1.29 is 19.7 Å². The molecule has 1 aliphatic rings. The molecule has 0 radical (unpaired) electrons. The number of aromatic carboxylic acids is 1. The van der Waals surface area contributed by atoms with E-state index in [9.17, 15) is 15.0 Å². The molecule has 0 amide bonds. The van der Waals surface area contributed by atoms with Crippen LogP contribution in [0.15, 0.2) is 72.8 Å². The Bertz CT molecular complexity index is 1080. The molecule has 4 rings (SSSR count). The van der Waals surface area contributed by atoms with E-state index in [1.54, 1.807) is 6.07 Å². The van der Waals surface area contributed by atoms with Crippen LogP contribution in [-0.4, -0.2) is 34.9 Å². The first kappa shape index (κ1) is 24.0. The zero-order valence-corrected chi connectivity index (χ0v) is 19.6. The van der Waals surface area contributed by atoms with E-state index in [1.807, 2.05) is 42.5 Å². The van der Waals surface area contributed by atoms with Crippen molar-refractivity contribution in [2.75, 3.05) is 6.54 Å². The number of benzene rings is 3. The molecule has 34 heavy (non-hydrogen) atoms. The van der Waals surface area contributed by atoms with Gasteiger partial charge in [-0.3, -0.25) is 0 Å². The summed E-state index contributed by atoms with van der Waals surface area (Å²) in [6.45, 7) is 2.62. The molecular weight excluding hydrogens is 426 g/mol. The second-order valence-electron chi connectivity index (χ2n) is 9.18. The summed E-state index contributed by atoms with van der Waals surface area (Å²) in [5, 5.41) is 23.3. The van der Waals surface area contributed by atoms with Crippen LogP contribution in [0.25, 0.3) is 11.1 Å². The van der Waals surface area contributed by atoms with Crippen LogP contribution < -0.4 is 10.1 Å². The minimum atomic E-state index is -0.964. The molecule has 5 heteroatoms. The van der Waals surface area contributed by atoms with Gasteiger partial charge in [-0.25, -0.2) is 4.79 Å². The fourth-order valence-corrected chi connectivity index (χ4v) is 4.53. The Labute approximate surface area is 201 Å². The summed E-state index contributed by atoms with van der Waals surface area (Å²) in [5.74, 6) is -0.510. The van der Waals surface area contributed by atoms with E-state index in [-0.39, 0.29) is 17.7 Å². The van der Waals surface area contributed by atoms with Crippen LogP contribution in [0.1, 0.15) is 60.2 Å². The number of nitrogens with one attached hydrogen (secondary N) is 1. The van der Waals surface area contributed by atoms with E-state index < -0.39 is 12.1 Å². The van der Waals surface area contributed by atoms with Crippen LogP contribution in [0.2, 0.25) is 0 Å². The van der Waals surface area contributed by atoms with Crippen molar-refractivity contribution in [2.45, 2.75) is 57.3 Å². The molecule has 3 N–H and O–H groups in total. The maximum Gasteiger partial charge on any atom is 0.339 e. The van der Waals surface area contributed by atoms with Crippen molar-refractivity contribution in [2.24, 2.45) is 0 Å². The maximum absolute atomic E-state index is 11.7. The van der Waals surface area contributed by atoms with Gasteiger partial charge in [0.25, 0.3) is 0 Å². The van der Waals surface area contributed by atoms with Gasteiger partial charge in [0.1, 0.15) is 11.3 Å². The Morgan fingerprint density at radius 2 is 1.68 bits per heavy atom. The molecule has 1 aliphatic carbocycles. The number of aliphatic hydroxyl groups is 1. The van der Waals surface area contributed by atoms with Crippen molar-refractivity contribution in [3.05, 3.63) is 89.5 Å². The Morgan fingerprint density at radius 1 is 1.00 bits per heavy atom. The Kier molecular flexibility index (Phi) is 7.99. The number of carboxylic acids is 1. The summed E-state index contributed by atoms with van der Waals surface area (Å²) >= 11 is 0. The molecular formula is C29H33NO4. The minimum absolute atomic E-state index is 0.102. The molecule has 0 spiro atoms. The van der Waals surface area contributed by atoms with E-state index in [0.717, 1.165) is 48.8 Å². The van der Waals surface area contributed by atoms with E-state index >= 15 is 0 Å². The monoisotopic (exact) mass is 459 g/mol. The van der Waals surface area contributed by atoms with Gasteiger partial charge in [0.05, 0.1) is 12.2 Å². The third-order valence-corrected chi connectivity index (χ3v) is 6.48. The summed E-state index contributed by atoms with van der Waals surface area (Å²) in [6.07, 6.45) is 4.64. The van der Waals surface area contributed by atoms with Crippen LogP contribution in [0, 0.1) is 0 Å². The van der Waals surface area contributed by atoms with Gasteiger partial charge in [0, 0.05) is 12.6 Å². The molecule has 0 heterocycles. The molecule has 0 bridgehead atoms. The molecule has 1 fully saturated rings. The van der Waals surface area contributed by atoms with Gasteiger partial charge < -0.3 is 20.3 Å². The van der Waals surface area contributed by atoms with Crippen LogP contribution in [0.4, 0.5) is 0 Å². The van der Waals surface area contributed by atoms with Crippen molar-refractivity contribution in [3.8, 4) is 16.9 Å². The molecule has 2 atom stereocenters. The van der Waals surface area contributed by atoms with Gasteiger partial charge in [-0.15, -0.1) is 0 Å². The number of aliphatic hydroxyl groups excluding tert-OH is 1. The molecule has 0 aliphatic heterocycles. The normalized spacial score (nSPS) is 15.7. The largest absolute Gasteiger partial charge is 0.490 e.